The molecule has 0 saturated carbocycles. The minimum atomic E-state index is -0.495. The lowest BCUT2D eigenvalue weighted by molar-refractivity contribution is -0.127. The predicted octanol–water partition coefficient (Wildman–Crippen LogP) is 4.27. The highest BCUT2D eigenvalue weighted by molar-refractivity contribution is 9.10. The molecule has 138 valence electrons. The Bertz CT molecular complexity index is 602. The average Bonchev–Trinajstić information content (AvgIpc) is 2.54. The average molecular weight is 411 g/mol. The highest BCUT2D eigenvalue weighted by Gasteiger charge is 2.30. The van der Waals surface area contributed by atoms with Crippen LogP contribution in [0.5, 0.6) is 0 Å². The molecule has 1 saturated heterocycles. The molecule has 0 aromatic heterocycles. The van der Waals surface area contributed by atoms with Crippen molar-refractivity contribution in [1.29, 1.82) is 0 Å². The maximum atomic E-state index is 12.5. The van der Waals surface area contributed by atoms with E-state index in [2.05, 4.69) is 21.2 Å². The summed E-state index contributed by atoms with van der Waals surface area (Å²) in [4.78, 5) is 26.3. The number of rotatable bonds is 3. The van der Waals surface area contributed by atoms with Crippen LogP contribution in [0.15, 0.2) is 28.7 Å². The molecule has 1 aromatic carbocycles. The second kappa shape index (κ2) is 8.21. The Labute approximate surface area is 158 Å². The molecule has 0 radical (unpaired) electrons. The van der Waals surface area contributed by atoms with E-state index in [-0.39, 0.29) is 24.0 Å². The number of amides is 2. The molecule has 1 aromatic rings. The van der Waals surface area contributed by atoms with E-state index < -0.39 is 5.60 Å². The first-order chi connectivity index (χ1) is 11.7. The number of halogens is 1. The van der Waals surface area contributed by atoms with Crippen molar-refractivity contribution in [3.63, 3.8) is 0 Å². The van der Waals surface area contributed by atoms with Crippen LogP contribution in [-0.4, -0.2) is 35.6 Å². The lowest BCUT2D eigenvalue weighted by Gasteiger charge is -2.33. The highest BCUT2D eigenvalue weighted by atomic mass is 79.9. The Morgan fingerprint density at radius 1 is 1.20 bits per heavy atom. The summed E-state index contributed by atoms with van der Waals surface area (Å²) in [7, 11) is 0. The minimum absolute atomic E-state index is 0.0375. The Morgan fingerprint density at radius 2 is 1.76 bits per heavy atom. The summed E-state index contributed by atoms with van der Waals surface area (Å²) < 4.78 is 6.41. The fourth-order valence-electron chi connectivity index (χ4n) is 2.82. The zero-order valence-electron chi connectivity index (χ0n) is 15.3. The van der Waals surface area contributed by atoms with E-state index in [1.807, 2.05) is 52.0 Å². The number of likely N-dealkylation sites (tertiary alicyclic amines) is 1. The number of benzene rings is 1. The molecule has 25 heavy (non-hydrogen) atoms. The van der Waals surface area contributed by atoms with Gasteiger partial charge in [-0.05, 0) is 58.2 Å². The number of hydrogen-bond donors (Lipinski definition) is 1. The highest BCUT2D eigenvalue weighted by Crippen LogP contribution is 2.22. The van der Waals surface area contributed by atoms with Crippen molar-refractivity contribution in [2.75, 3.05) is 13.1 Å². The molecule has 1 heterocycles. The van der Waals surface area contributed by atoms with Crippen LogP contribution in [0.2, 0.25) is 0 Å². The third-order valence-corrected chi connectivity index (χ3v) is 4.77. The molecular formula is C19H27BrN2O3. The van der Waals surface area contributed by atoms with Gasteiger partial charge in [-0.15, -0.1) is 0 Å². The summed E-state index contributed by atoms with van der Waals surface area (Å²) in [6, 6.07) is 7.90. The van der Waals surface area contributed by atoms with Gasteiger partial charge in [-0.25, -0.2) is 4.79 Å². The van der Waals surface area contributed by atoms with Gasteiger partial charge in [-0.2, -0.15) is 0 Å². The molecule has 1 unspecified atom stereocenters. The fraction of sp³-hybridized carbons (Fsp3) is 0.579. The minimum Gasteiger partial charge on any atom is -0.444 e. The third kappa shape index (κ3) is 6.03. The third-order valence-electron chi connectivity index (χ3n) is 4.25. The quantitative estimate of drug-likeness (QED) is 0.808. The van der Waals surface area contributed by atoms with Crippen LogP contribution in [0, 0.1) is 5.92 Å². The van der Waals surface area contributed by atoms with Gasteiger partial charge in [0.05, 0.1) is 6.04 Å². The van der Waals surface area contributed by atoms with E-state index in [4.69, 9.17) is 4.74 Å². The maximum absolute atomic E-state index is 12.5. The summed E-state index contributed by atoms with van der Waals surface area (Å²) in [6.07, 6.45) is 1.03. The van der Waals surface area contributed by atoms with Gasteiger partial charge in [0.1, 0.15) is 5.60 Å². The van der Waals surface area contributed by atoms with Gasteiger partial charge < -0.3 is 15.0 Å². The van der Waals surface area contributed by atoms with Crippen LogP contribution in [0.3, 0.4) is 0 Å². The number of carbonyl (C=O) groups is 2. The molecule has 2 amide bonds. The molecule has 6 heteroatoms. The second-order valence-corrected chi connectivity index (χ2v) is 8.44. The number of carbonyl (C=O) groups excluding carboxylic acids is 2. The molecular weight excluding hydrogens is 384 g/mol. The second-order valence-electron chi connectivity index (χ2n) is 7.52. The maximum Gasteiger partial charge on any atom is 0.410 e. The Balaban J connectivity index is 1.82. The molecule has 5 nitrogen and oxygen atoms in total. The number of nitrogens with zero attached hydrogens (tertiary/aromatic N) is 1. The molecule has 1 fully saturated rings. The van der Waals surface area contributed by atoms with Crippen molar-refractivity contribution in [2.45, 2.75) is 52.2 Å². The van der Waals surface area contributed by atoms with E-state index in [1.165, 1.54) is 0 Å². The number of ether oxygens (including phenoxy) is 1. The number of hydrogen-bond acceptors (Lipinski definition) is 3. The molecule has 0 aliphatic carbocycles. The summed E-state index contributed by atoms with van der Waals surface area (Å²) in [5.74, 6) is -0.00385. The van der Waals surface area contributed by atoms with Crippen molar-refractivity contribution >= 4 is 27.9 Å². The smallest absolute Gasteiger partial charge is 0.410 e. The largest absolute Gasteiger partial charge is 0.444 e. The van der Waals surface area contributed by atoms with Crippen LogP contribution in [0.4, 0.5) is 4.79 Å². The standard InChI is InChI=1S/C19H27BrN2O3/c1-13(14-5-7-16(20)8-6-14)21-17(23)15-9-11-22(12-10-15)18(24)25-19(2,3)4/h5-8,13,15H,9-12H2,1-4H3,(H,21,23). The van der Waals surface area contributed by atoms with E-state index in [0.29, 0.717) is 25.9 Å². The molecule has 1 aliphatic heterocycles. The lowest BCUT2D eigenvalue weighted by atomic mass is 9.95. The molecule has 0 bridgehead atoms. The van der Waals surface area contributed by atoms with Gasteiger partial charge in [0.25, 0.3) is 0 Å². The van der Waals surface area contributed by atoms with Gasteiger partial charge >= 0.3 is 6.09 Å². The van der Waals surface area contributed by atoms with Crippen LogP contribution in [0.25, 0.3) is 0 Å². The van der Waals surface area contributed by atoms with Crippen molar-refractivity contribution in [1.82, 2.24) is 10.2 Å². The van der Waals surface area contributed by atoms with E-state index >= 15 is 0 Å². The Morgan fingerprint density at radius 3 is 2.28 bits per heavy atom. The number of piperidine rings is 1. The normalized spacial score (nSPS) is 17.1. The van der Waals surface area contributed by atoms with Gasteiger partial charge in [-0.3, -0.25) is 4.79 Å². The van der Waals surface area contributed by atoms with Gasteiger partial charge in [0, 0.05) is 23.5 Å². The SMILES string of the molecule is CC(NC(=O)C1CCN(C(=O)OC(C)(C)C)CC1)c1ccc(Br)cc1. The first kappa shape index (κ1) is 19.8. The van der Waals surface area contributed by atoms with Crippen LogP contribution >= 0.6 is 15.9 Å². The van der Waals surface area contributed by atoms with Gasteiger partial charge in [-0.1, -0.05) is 28.1 Å². The summed E-state index contributed by atoms with van der Waals surface area (Å²) in [6.45, 7) is 8.66. The molecule has 1 N–H and O–H groups in total. The molecule has 1 aliphatic rings. The number of nitrogens with one attached hydrogen (secondary N) is 1. The van der Waals surface area contributed by atoms with Crippen LogP contribution in [0.1, 0.15) is 52.1 Å². The van der Waals surface area contributed by atoms with Crippen molar-refractivity contribution in [3.05, 3.63) is 34.3 Å². The Hall–Kier alpha value is -1.56. The van der Waals surface area contributed by atoms with E-state index in [9.17, 15) is 9.59 Å². The topological polar surface area (TPSA) is 58.6 Å². The first-order valence-electron chi connectivity index (χ1n) is 8.69. The van der Waals surface area contributed by atoms with Crippen LogP contribution in [-0.2, 0) is 9.53 Å². The summed E-state index contributed by atoms with van der Waals surface area (Å²) in [5, 5.41) is 3.08. The van der Waals surface area contributed by atoms with Gasteiger partial charge in [0.15, 0.2) is 0 Å². The summed E-state index contributed by atoms with van der Waals surface area (Å²) in [5.41, 5.74) is 0.577. The fourth-order valence-corrected chi connectivity index (χ4v) is 3.08. The first-order valence-corrected chi connectivity index (χ1v) is 9.49. The summed E-state index contributed by atoms with van der Waals surface area (Å²) >= 11 is 3.41. The molecule has 0 spiro atoms. The zero-order valence-corrected chi connectivity index (χ0v) is 16.9. The van der Waals surface area contributed by atoms with Crippen molar-refractivity contribution in [2.24, 2.45) is 5.92 Å². The lowest BCUT2D eigenvalue weighted by Crippen LogP contribution is -2.45. The van der Waals surface area contributed by atoms with Crippen LogP contribution < -0.4 is 5.32 Å². The van der Waals surface area contributed by atoms with Crippen molar-refractivity contribution < 1.29 is 14.3 Å². The Kier molecular flexibility index (Phi) is 6.49. The predicted molar refractivity (Wildman–Crippen MR) is 101 cm³/mol. The molecule has 1 atom stereocenters. The zero-order chi connectivity index (χ0) is 18.6. The van der Waals surface area contributed by atoms with Gasteiger partial charge in [0.2, 0.25) is 5.91 Å². The van der Waals surface area contributed by atoms with E-state index in [0.717, 1.165) is 10.0 Å². The van der Waals surface area contributed by atoms with Crippen molar-refractivity contribution in [3.8, 4) is 0 Å². The molecule has 2 rings (SSSR count). The monoisotopic (exact) mass is 410 g/mol. The van der Waals surface area contributed by atoms with E-state index in [1.54, 1.807) is 4.90 Å².